The van der Waals surface area contributed by atoms with Crippen molar-refractivity contribution in [2.45, 2.75) is 32.4 Å². The van der Waals surface area contributed by atoms with Gasteiger partial charge >= 0.3 is 0 Å². The fourth-order valence-electron chi connectivity index (χ4n) is 5.61. The van der Waals surface area contributed by atoms with Gasteiger partial charge in [-0.2, -0.15) is 0 Å². The number of para-hydroxylation sites is 2. The van der Waals surface area contributed by atoms with E-state index >= 15 is 0 Å². The molecule has 3 heterocycles. The molecule has 1 atom stereocenters. The molecule has 0 radical (unpaired) electrons. The number of nitrogens with zero attached hydrogens (tertiary/aromatic N) is 2. The Balaban J connectivity index is 1.65. The highest BCUT2D eigenvalue weighted by Gasteiger charge is 2.64. The maximum absolute atomic E-state index is 14.5. The summed E-state index contributed by atoms with van der Waals surface area (Å²) in [6.45, 7) is 4.61. The van der Waals surface area contributed by atoms with Crippen LogP contribution in [0.5, 0.6) is 0 Å². The molecule has 6 nitrogen and oxygen atoms in total. The van der Waals surface area contributed by atoms with Crippen LogP contribution in [0.2, 0.25) is 0 Å². The Bertz CT molecular complexity index is 1590. The molecule has 0 N–H and O–H groups in total. The molecule has 2 aliphatic rings. The van der Waals surface area contributed by atoms with Crippen LogP contribution in [0.15, 0.2) is 82.0 Å². The molecule has 2 amide bonds. The highest BCUT2D eigenvalue weighted by atomic mass is 16.3. The smallest absolute Gasteiger partial charge is 0.291 e. The number of amides is 2. The number of anilines is 1. The van der Waals surface area contributed by atoms with Gasteiger partial charge in [-0.15, -0.1) is 0 Å². The Morgan fingerprint density at radius 2 is 1.69 bits per heavy atom. The molecule has 0 saturated heterocycles. The fourth-order valence-corrected chi connectivity index (χ4v) is 5.61. The number of fused-ring (bicyclic) bond motifs is 5. The molecule has 0 saturated carbocycles. The molecular formula is C29H24N2O4. The lowest BCUT2D eigenvalue weighted by molar-refractivity contribution is -0.126. The van der Waals surface area contributed by atoms with Crippen molar-refractivity contribution in [3.8, 4) is 0 Å². The Labute approximate surface area is 202 Å². The standard InChI is InChI=1S/C29H24N2O4/c1-3-15-31-27(33)26-24(25(32)20-11-4-7-14-23(20)35-26)29(31)21-12-5-6-13-22(21)30(28(29)34)17-19-10-8-9-18(2)16-19/h4-14,16H,3,15,17H2,1-2H3. The third-order valence-electron chi connectivity index (χ3n) is 7.01. The van der Waals surface area contributed by atoms with E-state index in [2.05, 4.69) is 0 Å². The Morgan fingerprint density at radius 3 is 2.49 bits per heavy atom. The van der Waals surface area contributed by atoms with Crippen molar-refractivity contribution in [2.75, 3.05) is 11.4 Å². The maximum atomic E-state index is 14.5. The van der Waals surface area contributed by atoms with Gasteiger partial charge in [-0.25, -0.2) is 0 Å². The van der Waals surface area contributed by atoms with Crippen LogP contribution in [-0.2, 0) is 16.9 Å². The summed E-state index contributed by atoms with van der Waals surface area (Å²) < 4.78 is 6.03. The number of hydrogen-bond donors (Lipinski definition) is 0. The minimum atomic E-state index is -1.55. The summed E-state index contributed by atoms with van der Waals surface area (Å²) in [5, 5.41) is 0.360. The molecule has 6 heteroatoms. The number of benzene rings is 3. The summed E-state index contributed by atoms with van der Waals surface area (Å²) >= 11 is 0. The second kappa shape index (κ2) is 7.67. The van der Waals surface area contributed by atoms with Gasteiger partial charge in [-0.1, -0.05) is 67.1 Å². The van der Waals surface area contributed by atoms with E-state index in [1.165, 1.54) is 0 Å². The van der Waals surface area contributed by atoms with Crippen LogP contribution in [0.25, 0.3) is 11.0 Å². The van der Waals surface area contributed by atoms with Crippen molar-refractivity contribution in [1.82, 2.24) is 4.90 Å². The average Bonchev–Trinajstić information content (AvgIpc) is 3.25. The van der Waals surface area contributed by atoms with E-state index in [0.29, 0.717) is 41.7 Å². The van der Waals surface area contributed by atoms with Crippen LogP contribution in [0.3, 0.4) is 0 Å². The van der Waals surface area contributed by atoms with Gasteiger partial charge in [-0.3, -0.25) is 14.4 Å². The summed E-state index contributed by atoms with van der Waals surface area (Å²) in [7, 11) is 0. The lowest BCUT2D eigenvalue weighted by atomic mass is 9.84. The average molecular weight is 465 g/mol. The molecule has 35 heavy (non-hydrogen) atoms. The largest absolute Gasteiger partial charge is 0.450 e. The van der Waals surface area contributed by atoms with Crippen molar-refractivity contribution in [1.29, 1.82) is 0 Å². The third kappa shape index (κ3) is 2.80. The van der Waals surface area contributed by atoms with Gasteiger partial charge in [0, 0.05) is 12.1 Å². The lowest BCUT2D eigenvalue weighted by Gasteiger charge is -2.34. The predicted molar refractivity (Wildman–Crippen MR) is 133 cm³/mol. The minimum Gasteiger partial charge on any atom is -0.450 e. The van der Waals surface area contributed by atoms with Gasteiger partial charge in [-0.05, 0) is 37.1 Å². The van der Waals surface area contributed by atoms with Crippen molar-refractivity contribution >= 4 is 28.5 Å². The Morgan fingerprint density at radius 1 is 0.914 bits per heavy atom. The topological polar surface area (TPSA) is 70.8 Å². The molecule has 1 spiro atoms. The van der Waals surface area contributed by atoms with E-state index in [1.54, 1.807) is 34.1 Å². The minimum absolute atomic E-state index is 0.0392. The van der Waals surface area contributed by atoms with Gasteiger partial charge in [0.15, 0.2) is 11.0 Å². The van der Waals surface area contributed by atoms with Crippen molar-refractivity contribution in [3.05, 3.63) is 111 Å². The molecular weight excluding hydrogens is 440 g/mol. The zero-order valence-electron chi connectivity index (χ0n) is 19.6. The Hall–Kier alpha value is -4.19. The lowest BCUT2D eigenvalue weighted by Crippen LogP contribution is -2.53. The first kappa shape index (κ1) is 21.4. The van der Waals surface area contributed by atoms with Gasteiger partial charge in [0.05, 0.1) is 23.2 Å². The van der Waals surface area contributed by atoms with Crippen LogP contribution in [-0.4, -0.2) is 23.3 Å². The van der Waals surface area contributed by atoms with E-state index in [9.17, 15) is 14.4 Å². The van der Waals surface area contributed by atoms with Crippen molar-refractivity contribution in [3.63, 3.8) is 0 Å². The molecule has 2 aliphatic heterocycles. The van der Waals surface area contributed by atoms with Crippen LogP contribution < -0.4 is 10.3 Å². The van der Waals surface area contributed by atoms with Gasteiger partial charge in [0.2, 0.25) is 5.76 Å². The number of rotatable bonds is 4. The molecule has 0 fully saturated rings. The molecule has 174 valence electrons. The molecule has 0 aliphatic carbocycles. The van der Waals surface area contributed by atoms with E-state index in [1.807, 2.05) is 62.4 Å². The zero-order valence-corrected chi connectivity index (χ0v) is 19.6. The highest BCUT2D eigenvalue weighted by Crippen LogP contribution is 2.52. The number of aryl methyl sites for hydroxylation is 1. The second-order valence-electron chi connectivity index (χ2n) is 9.20. The van der Waals surface area contributed by atoms with Gasteiger partial charge < -0.3 is 14.2 Å². The maximum Gasteiger partial charge on any atom is 0.291 e. The number of carbonyl (C=O) groups is 2. The first-order valence-corrected chi connectivity index (χ1v) is 11.8. The van der Waals surface area contributed by atoms with Crippen LogP contribution in [0.4, 0.5) is 5.69 Å². The Kier molecular flexibility index (Phi) is 4.68. The van der Waals surface area contributed by atoms with Crippen LogP contribution in [0, 0.1) is 6.92 Å². The second-order valence-corrected chi connectivity index (χ2v) is 9.20. The summed E-state index contributed by atoms with van der Waals surface area (Å²) in [6, 6.07) is 22.3. The molecule has 1 unspecified atom stereocenters. The third-order valence-corrected chi connectivity index (χ3v) is 7.01. The quantitative estimate of drug-likeness (QED) is 0.437. The van der Waals surface area contributed by atoms with Gasteiger partial charge in [0.25, 0.3) is 11.8 Å². The fraction of sp³-hybridized carbons (Fsp3) is 0.207. The zero-order chi connectivity index (χ0) is 24.3. The van der Waals surface area contributed by atoms with Crippen LogP contribution >= 0.6 is 0 Å². The van der Waals surface area contributed by atoms with Crippen molar-refractivity contribution in [2.24, 2.45) is 0 Å². The molecule has 6 rings (SSSR count). The summed E-state index contributed by atoms with van der Waals surface area (Å²) in [5.74, 6) is -0.767. The number of carbonyl (C=O) groups excluding carboxylic acids is 2. The number of hydrogen-bond acceptors (Lipinski definition) is 4. The SMILES string of the molecule is CCCN1C(=O)c2oc3ccccc3c(=O)c2C12C(=O)N(Cc1cccc(C)c1)c1ccccc12. The van der Waals surface area contributed by atoms with Crippen molar-refractivity contribution < 1.29 is 14.0 Å². The van der Waals surface area contributed by atoms with E-state index < -0.39 is 11.4 Å². The monoisotopic (exact) mass is 464 g/mol. The molecule has 3 aromatic carbocycles. The normalized spacial score (nSPS) is 18.6. The summed E-state index contributed by atoms with van der Waals surface area (Å²) in [4.78, 5) is 45.4. The summed E-state index contributed by atoms with van der Waals surface area (Å²) in [6.07, 6.45) is 0.627. The molecule has 4 aromatic rings. The van der Waals surface area contributed by atoms with E-state index in [0.717, 1.165) is 11.1 Å². The van der Waals surface area contributed by atoms with Crippen LogP contribution in [0.1, 0.15) is 46.2 Å². The van der Waals surface area contributed by atoms with E-state index in [-0.39, 0.29) is 22.7 Å². The van der Waals surface area contributed by atoms with E-state index in [4.69, 9.17) is 4.42 Å². The summed E-state index contributed by atoms with van der Waals surface area (Å²) in [5.41, 5.74) is 1.99. The van der Waals surface area contributed by atoms with Gasteiger partial charge in [0.1, 0.15) is 5.58 Å². The molecule has 1 aromatic heterocycles. The molecule has 0 bridgehead atoms. The first-order chi connectivity index (χ1) is 17.0. The predicted octanol–water partition coefficient (Wildman–Crippen LogP) is 4.76. The highest BCUT2D eigenvalue weighted by molar-refractivity contribution is 6.17. The first-order valence-electron chi connectivity index (χ1n) is 11.8.